The van der Waals surface area contributed by atoms with Crippen LogP contribution in [0.25, 0.3) is 5.76 Å². The first kappa shape index (κ1) is 20.3. The molecule has 150 valence electrons. The molecule has 1 aliphatic rings. The van der Waals surface area contributed by atoms with Crippen molar-refractivity contribution in [2.45, 2.75) is 31.7 Å². The molecule has 0 bridgehead atoms. The fraction of sp³-hybridized carbons (Fsp3) is 0.261. The topological polar surface area (TPSA) is 97.7 Å². The Kier molecular flexibility index (Phi) is 6.44. The van der Waals surface area contributed by atoms with Gasteiger partial charge in [0.2, 0.25) is 0 Å². The Morgan fingerprint density at radius 2 is 1.55 bits per heavy atom. The molecule has 0 radical (unpaired) electrons. The summed E-state index contributed by atoms with van der Waals surface area (Å²) in [6.07, 6.45) is 1.56. The molecule has 0 unspecified atom stereocenters. The molecule has 0 aromatic heterocycles. The SMILES string of the molecule is O=C([O-])CCCCCN1C(=O)C(=O)C(=C(O)c2ccccc2)[C@H]1c1ccccc1. The van der Waals surface area contributed by atoms with Crippen LogP contribution >= 0.6 is 0 Å². The zero-order valence-corrected chi connectivity index (χ0v) is 15.9. The van der Waals surface area contributed by atoms with Gasteiger partial charge >= 0.3 is 0 Å². The Hall–Kier alpha value is -3.41. The zero-order valence-electron chi connectivity index (χ0n) is 15.9. The number of carboxylic acid groups (broad SMARTS) is 1. The highest BCUT2D eigenvalue weighted by molar-refractivity contribution is 6.46. The number of hydrogen-bond acceptors (Lipinski definition) is 5. The highest BCUT2D eigenvalue weighted by atomic mass is 16.4. The van der Waals surface area contributed by atoms with Gasteiger partial charge in [0, 0.05) is 18.1 Å². The summed E-state index contributed by atoms with van der Waals surface area (Å²) in [5.74, 6) is -2.67. The molecule has 1 amide bonds. The Bertz CT molecular complexity index is 921. The molecule has 29 heavy (non-hydrogen) atoms. The van der Waals surface area contributed by atoms with E-state index < -0.39 is 23.7 Å². The van der Waals surface area contributed by atoms with Crippen molar-refractivity contribution in [1.82, 2.24) is 4.90 Å². The van der Waals surface area contributed by atoms with Crippen LogP contribution in [0.15, 0.2) is 66.2 Å². The molecule has 6 heteroatoms. The fourth-order valence-electron chi connectivity index (χ4n) is 3.57. The Morgan fingerprint density at radius 3 is 2.17 bits per heavy atom. The van der Waals surface area contributed by atoms with E-state index in [4.69, 9.17) is 0 Å². The van der Waals surface area contributed by atoms with E-state index in [1.807, 2.05) is 30.3 Å². The molecule has 0 aliphatic carbocycles. The number of aliphatic carboxylic acids is 1. The number of carboxylic acids is 1. The summed E-state index contributed by atoms with van der Waals surface area (Å²) in [5.41, 5.74) is 1.28. The lowest BCUT2D eigenvalue weighted by atomic mass is 9.95. The lowest BCUT2D eigenvalue weighted by Crippen LogP contribution is -2.30. The van der Waals surface area contributed by atoms with E-state index in [-0.39, 0.29) is 17.8 Å². The van der Waals surface area contributed by atoms with Gasteiger partial charge in [0.15, 0.2) is 0 Å². The second kappa shape index (κ2) is 9.19. The molecule has 2 aromatic carbocycles. The lowest BCUT2D eigenvalue weighted by molar-refractivity contribution is -0.305. The molecule has 1 fully saturated rings. The molecular formula is C23H22NO5-. The van der Waals surface area contributed by atoms with Gasteiger partial charge in [-0.2, -0.15) is 0 Å². The van der Waals surface area contributed by atoms with Crippen LogP contribution in [-0.4, -0.2) is 34.2 Å². The molecule has 3 rings (SSSR count). The van der Waals surface area contributed by atoms with Gasteiger partial charge in [-0.25, -0.2) is 0 Å². The number of nitrogens with zero attached hydrogens (tertiary/aromatic N) is 1. The van der Waals surface area contributed by atoms with Gasteiger partial charge in [-0.1, -0.05) is 67.1 Å². The maximum absolute atomic E-state index is 12.8. The molecular weight excluding hydrogens is 370 g/mol. The lowest BCUT2D eigenvalue weighted by Gasteiger charge is -2.25. The normalized spacial score (nSPS) is 18.2. The third-order valence-electron chi connectivity index (χ3n) is 4.98. The van der Waals surface area contributed by atoms with Gasteiger partial charge in [0.05, 0.1) is 11.6 Å². The van der Waals surface area contributed by atoms with Crippen molar-refractivity contribution in [3.05, 3.63) is 77.4 Å². The quantitative estimate of drug-likeness (QED) is 0.322. The van der Waals surface area contributed by atoms with Crippen LogP contribution in [-0.2, 0) is 14.4 Å². The van der Waals surface area contributed by atoms with Crippen LogP contribution in [0, 0.1) is 0 Å². The van der Waals surface area contributed by atoms with E-state index in [1.54, 1.807) is 30.3 Å². The predicted molar refractivity (Wildman–Crippen MR) is 105 cm³/mol. The summed E-state index contributed by atoms with van der Waals surface area (Å²) in [5, 5.41) is 21.4. The summed E-state index contributed by atoms with van der Waals surface area (Å²) in [6, 6.07) is 17.1. The van der Waals surface area contributed by atoms with Crippen LogP contribution in [0.4, 0.5) is 0 Å². The first-order valence-corrected chi connectivity index (χ1v) is 9.59. The Labute approximate surface area is 169 Å². The summed E-state index contributed by atoms with van der Waals surface area (Å²) < 4.78 is 0. The van der Waals surface area contributed by atoms with Gasteiger partial charge < -0.3 is 19.9 Å². The van der Waals surface area contributed by atoms with Crippen LogP contribution in [0.5, 0.6) is 0 Å². The smallest absolute Gasteiger partial charge is 0.295 e. The summed E-state index contributed by atoms with van der Waals surface area (Å²) in [6.45, 7) is 0.294. The highest BCUT2D eigenvalue weighted by Gasteiger charge is 2.45. The predicted octanol–water partition coefficient (Wildman–Crippen LogP) is 2.42. The molecule has 1 saturated heterocycles. The van der Waals surface area contributed by atoms with E-state index in [1.165, 1.54) is 4.90 Å². The average molecular weight is 392 g/mol. The van der Waals surface area contributed by atoms with Crippen LogP contribution in [0.1, 0.15) is 42.9 Å². The van der Waals surface area contributed by atoms with Crippen LogP contribution in [0.3, 0.4) is 0 Å². The minimum Gasteiger partial charge on any atom is -0.550 e. The number of likely N-dealkylation sites (tertiary alicyclic amines) is 1. The maximum Gasteiger partial charge on any atom is 0.295 e. The molecule has 1 atom stereocenters. The number of unbranched alkanes of at least 4 members (excludes halogenated alkanes) is 2. The minimum atomic E-state index is -1.10. The number of rotatable bonds is 8. The summed E-state index contributed by atoms with van der Waals surface area (Å²) >= 11 is 0. The number of aliphatic hydroxyl groups excluding tert-OH is 1. The van der Waals surface area contributed by atoms with Gasteiger partial charge in [-0.15, -0.1) is 0 Å². The van der Waals surface area contributed by atoms with Gasteiger partial charge in [0.1, 0.15) is 5.76 Å². The largest absolute Gasteiger partial charge is 0.550 e. The number of hydrogen-bond donors (Lipinski definition) is 1. The second-order valence-electron chi connectivity index (χ2n) is 6.95. The molecule has 0 saturated carbocycles. The molecule has 1 heterocycles. The zero-order chi connectivity index (χ0) is 20.8. The van der Waals surface area contributed by atoms with Crippen molar-refractivity contribution in [3.63, 3.8) is 0 Å². The number of carbonyl (C=O) groups excluding carboxylic acids is 3. The van der Waals surface area contributed by atoms with Crippen LogP contribution in [0.2, 0.25) is 0 Å². The Morgan fingerprint density at radius 1 is 0.931 bits per heavy atom. The van der Waals surface area contributed by atoms with E-state index in [9.17, 15) is 24.6 Å². The molecule has 2 aromatic rings. The van der Waals surface area contributed by atoms with Crippen LogP contribution < -0.4 is 5.11 Å². The van der Waals surface area contributed by atoms with Crippen molar-refractivity contribution in [1.29, 1.82) is 0 Å². The molecule has 1 N–H and O–H groups in total. The molecule has 0 spiro atoms. The van der Waals surface area contributed by atoms with E-state index >= 15 is 0 Å². The van der Waals surface area contributed by atoms with Crippen molar-refractivity contribution >= 4 is 23.4 Å². The fourth-order valence-corrected chi connectivity index (χ4v) is 3.57. The van der Waals surface area contributed by atoms with Crippen molar-refractivity contribution in [2.75, 3.05) is 6.54 Å². The monoisotopic (exact) mass is 392 g/mol. The minimum absolute atomic E-state index is 0.0328. The third-order valence-corrected chi connectivity index (χ3v) is 4.98. The number of amides is 1. The number of aliphatic hydroxyl groups is 1. The molecule has 1 aliphatic heterocycles. The Balaban J connectivity index is 1.93. The first-order chi connectivity index (χ1) is 14.0. The second-order valence-corrected chi connectivity index (χ2v) is 6.95. The standard InChI is InChI=1S/C23H23NO5/c25-18(26)14-8-3-9-15-24-20(16-10-4-1-5-11-16)19(22(28)23(24)29)21(27)17-12-6-2-7-13-17/h1-2,4-7,10-13,20,27H,3,8-9,14-15H2,(H,25,26)/p-1/t20-/m1/s1. The number of carbonyl (C=O) groups is 3. The van der Waals surface area contributed by atoms with Gasteiger partial charge in [0.25, 0.3) is 11.7 Å². The van der Waals surface area contributed by atoms with E-state index in [2.05, 4.69) is 0 Å². The number of ketones is 1. The van der Waals surface area contributed by atoms with Crippen molar-refractivity contribution < 1.29 is 24.6 Å². The van der Waals surface area contributed by atoms with Gasteiger partial charge in [-0.05, 0) is 24.8 Å². The third kappa shape index (κ3) is 4.54. The van der Waals surface area contributed by atoms with E-state index in [0.29, 0.717) is 31.4 Å². The first-order valence-electron chi connectivity index (χ1n) is 9.59. The average Bonchev–Trinajstić information content (AvgIpc) is 2.99. The summed E-state index contributed by atoms with van der Waals surface area (Å²) in [4.78, 5) is 37.5. The molecule has 6 nitrogen and oxygen atoms in total. The summed E-state index contributed by atoms with van der Waals surface area (Å²) in [7, 11) is 0. The number of benzene rings is 2. The van der Waals surface area contributed by atoms with Crippen molar-refractivity contribution in [3.8, 4) is 0 Å². The van der Waals surface area contributed by atoms with Gasteiger partial charge in [-0.3, -0.25) is 9.59 Å². The van der Waals surface area contributed by atoms with Crippen molar-refractivity contribution in [2.24, 2.45) is 0 Å². The highest BCUT2D eigenvalue weighted by Crippen LogP contribution is 2.39. The van der Waals surface area contributed by atoms with E-state index in [0.717, 1.165) is 5.56 Å². The number of Topliss-reactive ketones (excluding diaryl/α,β-unsaturated/α-hetero) is 1. The maximum atomic E-state index is 12.8.